The zero-order valence-electron chi connectivity index (χ0n) is 17.3. The summed E-state index contributed by atoms with van der Waals surface area (Å²) in [6, 6.07) is 17.4. The highest BCUT2D eigenvalue weighted by Gasteiger charge is 2.19. The SMILES string of the molecule is CCN(C(=O)c1cc(C)nc(NCc2ccc(OC)cc2)n1)c1cccc(C)c1. The van der Waals surface area contributed by atoms with E-state index in [0.717, 1.165) is 28.3 Å². The highest BCUT2D eigenvalue weighted by Crippen LogP contribution is 2.19. The molecule has 150 valence electrons. The number of hydrogen-bond donors (Lipinski definition) is 1. The summed E-state index contributed by atoms with van der Waals surface area (Å²) in [4.78, 5) is 23.7. The van der Waals surface area contributed by atoms with Gasteiger partial charge in [0.2, 0.25) is 5.95 Å². The van der Waals surface area contributed by atoms with Gasteiger partial charge in [-0.15, -0.1) is 0 Å². The molecule has 0 saturated heterocycles. The summed E-state index contributed by atoms with van der Waals surface area (Å²) < 4.78 is 5.18. The van der Waals surface area contributed by atoms with Gasteiger partial charge >= 0.3 is 0 Å². The third kappa shape index (κ3) is 5.10. The Balaban J connectivity index is 1.78. The Labute approximate surface area is 171 Å². The summed E-state index contributed by atoms with van der Waals surface area (Å²) in [5, 5.41) is 3.21. The van der Waals surface area contributed by atoms with Crippen LogP contribution in [-0.4, -0.2) is 29.5 Å². The van der Waals surface area contributed by atoms with E-state index in [1.807, 2.05) is 69.3 Å². The molecule has 0 unspecified atom stereocenters. The molecular weight excluding hydrogens is 364 g/mol. The number of carbonyl (C=O) groups is 1. The summed E-state index contributed by atoms with van der Waals surface area (Å²) in [6.45, 7) is 6.94. The minimum absolute atomic E-state index is 0.143. The van der Waals surface area contributed by atoms with Crippen molar-refractivity contribution in [2.45, 2.75) is 27.3 Å². The number of carbonyl (C=O) groups excluding carboxylic acids is 1. The molecule has 3 aromatic rings. The third-order valence-corrected chi connectivity index (χ3v) is 4.56. The first-order valence-electron chi connectivity index (χ1n) is 9.61. The quantitative estimate of drug-likeness (QED) is 0.648. The highest BCUT2D eigenvalue weighted by molar-refractivity contribution is 6.05. The lowest BCUT2D eigenvalue weighted by atomic mass is 10.2. The van der Waals surface area contributed by atoms with Crippen LogP contribution in [0.15, 0.2) is 54.6 Å². The monoisotopic (exact) mass is 390 g/mol. The lowest BCUT2D eigenvalue weighted by Gasteiger charge is -2.21. The second-order valence-corrected chi connectivity index (χ2v) is 6.81. The minimum Gasteiger partial charge on any atom is -0.497 e. The molecule has 0 bridgehead atoms. The molecule has 0 aliphatic heterocycles. The molecule has 3 rings (SSSR count). The average Bonchev–Trinajstić information content (AvgIpc) is 2.73. The van der Waals surface area contributed by atoms with Gasteiger partial charge in [-0.1, -0.05) is 24.3 Å². The van der Waals surface area contributed by atoms with E-state index in [1.165, 1.54) is 0 Å². The van der Waals surface area contributed by atoms with Crippen LogP contribution >= 0.6 is 0 Å². The van der Waals surface area contributed by atoms with Gasteiger partial charge in [-0.3, -0.25) is 4.79 Å². The van der Waals surface area contributed by atoms with Gasteiger partial charge in [-0.2, -0.15) is 0 Å². The molecule has 1 heterocycles. The molecule has 0 aliphatic rings. The maximum Gasteiger partial charge on any atom is 0.277 e. The van der Waals surface area contributed by atoms with Crippen LogP contribution in [0.5, 0.6) is 5.75 Å². The number of hydrogen-bond acceptors (Lipinski definition) is 5. The standard InChI is InChI=1S/C23H26N4O2/c1-5-27(19-8-6-7-16(2)13-19)22(28)21-14-17(3)25-23(26-21)24-15-18-9-11-20(29-4)12-10-18/h6-14H,5,15H2,1-4H3,(H,24,25,26). The van der Waals surface area contributed by atoms with Crippen molar-refractivity contribution >= 4 is 17.5 Å². The number of aryl methyl sites for hydroxylation is 2. The Hall–Kier alpha value is -3.41. The molecule has 29 heavy (non-hydrogen) atoms. The van der Waals surface area contributed by atoms with Crippen molar-refractivity contribution in [1.29, 1.82) is 0 Å². The largest absolute Gasteiger partial charge is 0.497 e. The van der Waals surface area contributed by atoms with Crippen LogP contribution in [0.25, 0.3) is 0 Å². The fourth-order valence-corrected chi connectivity index (χ4v) is 3.06. The number of methoxy groups -OCH3 is 1. The van der Waals surface area contributed by atoms with Gasteiger partial charge in [0.15, 0.2) is 0 Å². The minimum atomic E-state index is -0.143. The fraction of sp³-hybridized carbons (Fsp3) is 0.261. The van der Waals surface area contributed by atoms with Crippen LogP contribution in [0, 0.1) is 13.8 Å². The Morgan fingerprint density at radius 1 is 1.07 bits per heavy atom. The maximum atomic E-state index is 13.1. The Kier molecular flexibility index (Phi) is 6.44. The molecule has 0 saturated carbocycles. The first-order chi connectivity index (χ1) is 14.0. The predicted molar refractivity (Wildman–Crippen MR) is 116 cm³/mol. The molecular formula is C23H26N4O2. The molecule has 0 atom stereocenters. The van der Waals surface area contributed by atoms with Crippen molar-refractivity contribution in [3.8, 4) is 5.75 Å². The number of nitrogens with one attached hydrogen (secondary N) is 1. The number of aromatic nitrogens is 2. The van der Waals surface area contributed by atoms with Gasteiger partial charge in [-0.05, 0) is 62.2 Å². The van der Waals surface area contributed by atoms with E-state index >= 15 is 0 Å². The van der Waals surface area contributed by atoms with Gasteiger partial charge < -0.3 is 15.0 Å². The zero-order valence-corrected chi connectivity index (χ0v) is 17.3. The number of nitrogens with zero attached hydrogens (tertiary/aromatic N) is 3. The van der Waals surface area contributed by atoms with E-state index in [4.69, 9.17) is 4.74 Å². The summed E-state index contributed by atoms with van der Waals surface area (Å²) in [7, 11) is 1.64. The van der Waals surface area contributed by atoms with Crippen molar-refractivity contribution in [3.05, 3.63) is 77.1 Å². The van der Waals surface area contributed by atoms with E-state index in [1.54, 1.807) is 18.1 Å². The first kappa shape index (κ1) is 20.3. The number of amides is 1. The summed E-state index contributed by atoms with van der Waals surface area (Å²) in [6.07, 6.45) is 0. The Morgan fingerprint density at radius 2 is 1.83 bits per heavy atom. The van der Waals surface area contributed by atoms with Crippen LogP contribution < -0.4 is 15.0 Å². The average molecular weight is 390 g/mol. The molecule has 6 nitrogen and oxygen atoms in total. The maximum absolute atomic E-state index is 13.1. The normalized spacial score (nSPS) is 10.5. The summed E-state index contributed by atoms with van der Waals surface area (Å²) >= 11 is 0. The van der Waals surface area contributed by atoms with Crippen molar-refractivity contribution in [2.75, 3.05) is 23.9 Å². The Morgan fingerprint density at radius 3 is 2.48 bits per heavy atom. The van der Waals surface area contributed by atoms with Crippen LogP contribution in [-0.2, 0) is 6.54 Å². The molecule has 6 heteroatoms. The smallest absolute Gasteiger partial charge is 0.277 e. The van der Waals surface area contributed by atoms with Crippen molar-refractivity contribution in [1.82, 2.24) is 9.97 Å². The van der Waals surface area contributed by atoms with Crippen LogP contribution in [0.4, 0.5) is 11.6 Å². The zero-order chi connectivity index (χ0) is 20.8. The third-order valence-electron chi connectivity index (χ3n) is 4.56. The topological polar surface area (TPSA) is 67.4 Å². The second kappa shape index (κ2) is 9.19. The predicted octanol–water partition coefficient (Wildman–Crippen LogP) is 4.38. The van der Waals surface area contributed by atoms with Gasteiger partial charge in [-0.25, -0.2) is 9.97 Å². The van der Waals surface area contributed by atoms with Crippen molar-refractivity contribution in [2.24, 2.45) is 0 Å². The molecule has 1 aromatic heterocycles. The number of rotatable bonds is 7. The molecule has 0 spiro atoms. The highest BCUT2D eigenvalue weighted by atomic mass is 16.5. The van der Waals surface area contributed by atoms with E-state index < -0.39 is 0 Å². The van der Waals surface area contributed by atoms with Gasteiger partial charge in [0, 0.05) is 24.5 Å². The lowest BCUT2D eigenvalue weighted by molar-refractivity contribution is 0.0983. The molecule has 1 N–H and O–H groups in total. The number of ether oxygens (including phenoxy) is 1. The summed E-state index contributed by atoms with van der Waals surface area (Å²) in [5.74, 6) is 1.10. The van der Waals surface area contributed by atoms with E-state index in [9.17, 15) is 4.79 Å². The van der Waals surface area contributed by atoms with Crippen LogP contribution in [0.2, 0.25) is 0 Å². The van der Waals surface area contributed by atoms with Crippen molar-refractivity contribution in [3.63, 3.8) is 0 Å². The lowest BCUT2D eigenvalue weighted by Crippen LogP contribution is -2.31. The number of anilines is 2. The fourth-order valence-electron chi connectivity index (χ4n) is 3.06. The Bertz CT molecular complexity index is 986. The van der Waals surface area contributed by atoms with E-state index in [-0.39, 0.29) is 5.91 Å². The van der Waals surface area contributed by atoms with Crippen LogP contribution in [0.1, 0.15) is 34.2 Å². The van der Waals surface area contributed by atoms with Gasteiger partial charge in [0.1, 0.15) is 11.4 Å². The van der Waals surface area contributed by atoms with Gasteiger partial charge in [0.25, 0.3) is 5.91 Å². The molecule has 0 aliphatic carbocycles. The first-order valence-corrected chi connectivity index (χ1v) is 9.61. The van der Waals surface area contributed by atoms with Crippen molar-refractivity contribution < 1.29 is 9.53 Å². The molecule has 0 radical (unpaired) electrons. The second-order valence-electron chi connectivity index (χ2n) is 6.81. The number of benzene rings is 2. The van der Waals surface area contributed by atoms with Crippen LogP contribution in [0.3, 0.4) is 0 Å². The van der Waals surface area contributed by atoms with Gasteiger partial charge in [0.05, 0.1) is 7.11 Å². The van der Waals surface area contributed by atoms with E-state index in [0.29, 0.717) is 24.7 Å². The molecule has 2 aromatic carbocycles. The molecule has 1 amide bonds. The van der Waals surface area contributed by atoms with E-state index in [2.05, 4.69) is 15.3 Å². The summed E-state index contributed by atoms with van der Waals surface area (Å²) in [5.41, 5.74) is 4.15. The molecule has 0 fully saturated rings.